The molecule has 1 amide bonds. The molecule has 3 aromatic heterocycles. The number of nitrogens with zero attached hydrogens (tertiary/aromatic N) is 6. The van der Waals surface area contributed by atoms with E-state index in [1.807, 2.05) is 16.8 Å². The van der Waals surface area contributed by atoms with Crippen LogP contribution >= 0.6 is 0 Å². The highest BCUT2D eigenvalue weighted by atomic mass is 28.3. The molecule has 4 rings (SSSR count). The van der Waals surface area contributed by atoms with Gasteiger partial charge in [0, 0.05) is 32.6 Å². The summed E-state index contributed by atoms with van der Waals surface area (Å²) in [6, 6.07) is 2.41. The predicted molar refractivity (Wildman–Crippen MR) is 112 cm³/mol. The highest BCUT2D eigenvalue weighted by Gasteiger charge is 2.36. The number of hydrogen-bond acceptors (Lipinski definition) is 6. The number of fused-ring (bicyclic) bond motifs is 2. The molecule has 30 heavy (non-hydrogen) atoms. The van der Waals surface area contributed by atoms with Gasteiger partial charge in [-0.15, -0.1) is 0 Å². The Morgan fingerprint density at radius 1 is 1.33 bits per heavy atom. The SMILES string of the molecule is C[Si](C)(C)CCOCn1ccc2c(-n3cc4c(n3)CN(C(=O)O)[C@@H]4CO)ncnc21. The zero-order chi connectivity index (χ0) is 21.5. The van der Waals surface area contributed by atoms with E-state index in [1.165, 1.54) is 11.2 Å². The zero-order valence-electron chi connectivity index (χ0n) is 17.3. The molecule has 0 fully saturated rings. The molecule has 1 atom stereocenters. The molecule has 3 aromatic rings. The first-order chi connectivity index (χ1) is 14.3. The second-order valence-electron chi connectivity index (χ2n) is 8.65. The molecule has 0 bridgehead atoms. The summed E-state index contributed by atoms with van der Waals surface area (Å²) in [5.41, 5.74) is 2.06. The predicted octanol–water partition coefficient (Wildman–Crippen LogP) is 2.46. The summed E-state index contributed by atoms with van der Waals surface area (Å²) >= 11 is 0. The third kappa shape index (κ3) is 3.83. The summed E-state index contributed by atoms with van der Waals surface area (Å²) in [5.74, 6) is 0.605. The minimum atomic E-state index is -1.14. The summed E-state index contributed by atoms with van der Waals surface area (Å²) in [4.78, 5) is 21.3. The van der Waals surface area contributed by atoms with Gasteiger partial charge < -0.3 is 19.5 Å². The Labute approximate surface area is 174 Å². The Kier molecular flexibility index (Phi) is 5.34. The van der Waals surface area contributed by atoms with E-state index in [4.69, 9.17) is 4.74 Å². The van der Waals surface area contributed by atoms with E-state index in [9.17, 15) is 15.0 Å². The van der Waals surface area contributed by atoms with Crippen LogP contribution in [0.25, 0.3) is 16.9 Å². The third-order valence-corrected chi connectivity index (χ3v) is 6.98. The first-order valence-corrected chi connectivity index (χ1v) is 13.6. The molecular formula is C19H26N6O4Si. The van der Waals surface area contributed by atoms with Crippen LogP contribution in [-0.4, -0.2) is 66.8 Å². The molecule has 0 saturated carbocycles. The molecule has 2 N–H and O–H groups in total. The van der Waals surface area contributed by atoms with E-state index in [-0.39, 0.29) is 13.2 Å². The lowest BCUT2D eigenvalue weighted by atomic mass is 10.2. The van der Waals surface area contributed by atoms with Crippen molar-refractivity contribution < 1.29 is 19.7 Å². The lowest BCUT2D eigenvalue weighted by Gasteiger charge is -2.19. The van der Waals surface area contributed by atoms with Gasteiger partial charge >= 0.3 is 6.09 Å². The number of amides is 1. The number of aliphatic hydroxyl groups excluding tert-OH is 1. The number of ether oxygens (including phenoxy) is 1. The molecule has 11 heteroatoms. The normalized spacial score (nSPS) is 16.4. The van der Waals surface area contributed by atoms with E-state index in [0.29, 0.717) is 23.8 Å². The van der Waals surface area contributed by atoms with Crippen molar-refractivity contribution in [2.24, 2.45) is 0 Å². The van der Waals surface area contributed by atoms with E-state index < -0.39 is 20.2 Å². The van der Waals surface area contributed by atoms with Gasteiger partial charge in [-0.1, -0.05) is 19.6 Å². The van der Waals surface area contributed by atoms with Crippen LogP contribution in [0.5, 0.6) is 0 Å². The zero-order valence-corrected chi connectivity index (χ0v) is 18.3. The van der Waals surface area contributed by atoms with Crippen molar-refractivity contribution in [1.82, 2.24) is 29.2 Å². The van der Waals surface area contributed by atoms with Crippen molar-refractivity contribution in [2.45, 2.75) is 45.0 Å². The summed E-state index contributed by atoms with van der Waals surface area (Å²) in [5, 5.41) is 24.3. The van der Waals surface area contributed by atoms with Gasteiger partial charge in [0.2, 0.25) is 0 Å². The molecule has 4 heterocycles. The number of aromatic nitrogens is 5. The third-order valence-electron chi connectivity index (χ3n) is 5.28. The van der Waals surface area contributed by atoms with Gasteiger partial charge in [-0.3, -0.25) is 4.90 Å². The largest absolute Gasteiger partial charge is 0.465 e. The fourth-order valence-corrected chi connectivity index (χ4v) is 4.35. The smallest absolute Gasteiger partial charge is 0.408 e. The minimum absolute atomic E-state index is 0.142. The topological polar surface area (TPSA) is 119 Å². The highest BCUT2D eigenvalue weighted by Crippen LogP contribution is 2.33. The maximum absolute atomic E-state index is 11.4. The highest BCUT2D eigenvalue weighted by molar-refractivity contribution is 6.76. The summed E-state index contributed by atoms with van der Waals surface area (Å²) in [6.07, 6.45) is 4.06. The Hall–Kier alpha value is -2.76. The molecule has 10 nitrogen and oxygen atoms in total. The molecule has 0 aromatic carbocycles. The molecule has 0 aliphatic carbocycles. The van der Waals surface area contributed by atoms with Crippen molar-refractivity contribution >= 4 is 25.2 Å². The lowest BCUT2D eigenvalue weighted by Crippen LogP contribution is -2.30. The van der Waals surface area contributed by atoms with E-state index in [0.717, 1.165) is 23.7 Å². The van der Waals surface area contributed by atoms with E-state index >= 15 is 0 Å². The number of hydrogen-bond donors (Lipinski definition) is 2. The molecule has 160 valence electrons. The van der Waals surface area contributed by atoms with Gasteiger partial charge in [0.15, 0.2) is 5.82 Å². The minimum Gasteiger partial charge on any atom is -0.465 e. The molecular weight excluding hydrogens is 404 g/mol. The Morgan fingerprint density at radius 2 is 2.13 bits per heavy atom. The van der Waals surface area contributed by atoms with E-state index in [1.54, 1.807) is 10.9 Å². The average molecular weight is 431 g/mol. The lowest BCUT2D eigenvalue weighted by molar-refractivity contribution is 0.0899. The second kappa shape index (κ2) is 7.82. The van der Waals surface area contributed by atoms with E-state index in [2.05, 4.69) is 34.7 Å². The molecule has 1 aliphatic heterocycles. The van der Waals surface area contributed by atoms with Crippen molar-refractivity contribution in [1.29, 1.82) is 0 Å². The molecule has 0 spiro atoms. The molecule has 1 aliphatic rings. The van der Waals surface area contributed by atoms with Crippen LogP contribution in [0, 0.1) is 0 Å². The van der Waals surface area contributed by atoms with Crippen LogP contribution in [0.4, 0.5) is 4.79 Å². The van der Waals surface area contributed by atoms with Gasteiger partial charge in [0.05, 0.1) is 30.3 Å². The fraction of sp³-hybridized carbons (Fsp3) is 0.474. The van der Waals surface area contributed by atoms with Crippen LogP contribution in [0.1, 0.15) is 17.3 Å². The number of carboxylic acid groups (broad SMARTS) is 1. The van der Waals surface area contributed by atoms with Crippen LogP contribution in [0.2, 0.25) is 25.7 Å². The van der Waals surface area contributed by atoms with Gasteiger partial charge in [0.25, 0.3) is 0 Å². The Balaban J connectivity index is 1.57. The first-order valence-electron chi connectivity index (χ1n) is 9.85. The van der Waals surface area contributed by atoms with Crippen molar-refractivity contribution in [3.63, 3.8) is 0 Å². The average Bonchev–Trinajstić information content (AvgIpc) is 3.36. The maximum atomic E-state index is 11.4. The van der Waals surface area contributed by atoms with Crippen LogP contribution in [0.15, 0.2) is 24.8 Å². The molecule has 0 radical (unpaired) electrons. The quantitative estimate of drug-likeness (QED) is 0.436. The van der Waals surface area contributed by atoms with Crippen LogP contribution in [-0.2, 0) is 18.0 Å². The number of aliphatic hydroxyl groups is 1. The fourth-order valence-electron chi connectivity index (χ4n) is 3.59. The summed E-state index contributed by atoms with van der Waals surface area (Å²) in [6.45, 7) is 7.94. The van der Waals surface area contributed by atoms with Crippen molar-refractivity contribution in [3.8, 4) is 5.82 Å². The Bertz CT molecular complexity index is 1070. The molecule has 0 unspecified atom stereocenters. The van der Waals surface area contributed by atoms with Gasteiger partial charge in [-0.05, 0) is 12.1 Å². The van der Waals surface area contributed by atoms with Gasteiger partial charge in [-0.2, -0.15) is 5.10 Å². The molecule has 0 saturated heterocycles. The van der Waals surface area contributed by atoms with Crippen LogP contribution in [0.3, 0.4) is 0 Å². The van der Waals surface area contributed by atoms with Gasteiger partial charge in [-0.25, -0.2) is 19.4 Å². The first kappa shape index (κ1) is 20.5. The van der Waals surface area contributed by atoms with Crippen LogP contribution < -0.4 is 0 Å². The summed E-state index contributed by atoms with van der Waals surface area (Å²) in [7, 11) is -1.14. The van der Waals surface area contributed by atoms with Crippen molar-refractivity contribution in [3.05, 3.63) is 36.0 Å². The summed E-state index contributed by atoms with van der Waals surface area (Å²) < 4.78 is 9.41. The number of rotatable bonds is 7. The second-order valence-corrected chi connectivity index (χ2v) is 14.3. The van der Waals surface area contributed by atoms with Crippen molar-refractivity contribution in [2.75, 3.05) is 13.2 Å². The number of carbonyl (C=O) groups is 1. The Morgan fingerprint density at radius 3 is 2.83 bits per heavy atom. The standard InChI is InChI=1S/C19H26N6O4Si/c1-30(2,3)7-6-29-12-23-5-4-13-17(23)20-11-21-18(13)25-8-14-15(22-25)9-24(19(27)28)16(14)10-26/h4-5,8,11,16,26H,6-7,9-10,12H2,1-3H3,(H,27,28)/t16-/m1/s1. The monoisotopic (exact) mass is 430 g/mol. The van der Waals surface area contributed by atoms with Gasteiger partial charge in [0.1, 0.15) is 18.7 Å². The maximum Gasteiger partial charge on any atom is 0.408 e.